The molecule has 2 fully saturated rings. The number of nitrogens with one attached hydrogen (secondary N) is 1. The molecule has 1 heterocycles. The first-order valence-electron chi connectivity index (χ1n) is 10.6. The third-order valence-electron chi connectivity index (χ3n) is 6.13. The SMILES string of the molecule is Cc1ccccc1NS(=O)(=O)c1ccc(C(=O)N2CCN(C(=O)C3CCC3)CC2)cc1. The normalized spacial score (nSPS) is 17.2. The smallest absolute Gasteiger partial charge is 0.261 e. The Balaban J connectivity index is 1.38. The molecule has 164 valence electrons. The molecule has 8 heteroatoms. The number of sulfonamides is 1. The molecule has 2 aromatic carbocycles. The maximum absolute atomic E-state index is 12.8. The number of amides is 2. The summed E-state index contributed by atoms with van der Waals surface area (Å²) in [5.74, 6) is 0.241. The van der Waals surface area contributed by atoms with Crippen LogP contribution in [-0.2, 0) is 14.8 Å². The van der Waals surface area contributed by atoms with Gasteiger partial charge in [-0.1, -0.05) is 24.6 Å². The number of benzene rings is 2. The fourth-order valence-electron chi connectivity index (χ4n) is 3.89. The zero-order valence-electron chi connectivity index (χ0n) is 17.6. The Labute approximate surface area is 183 Å². The lowest BCUT2D eigenvalue weighted by Crippen LogP contribution is -2.52. The highest BCUT2D eigenvalue weighted by molar-refractivity contribution is 7.92. The van der Waals surface area contributed by atoms with Crippen molar-refractivity contribution in [3.63, 3.8) is 0 Å². The van der Waals surface area contributed by atoms with E-state index in [0.717, 1.165) is 24.8 Å². The summed E-state index contributed by atoms with van der Waals surface area (Å²) in [5.41, 5.74) is 1.79. The quantitative estimate of drug-likeness (QED) is 0.773. The van der Waals surface area contributed by atoms with Gasteiger partial charge in [-0.25, -0.2) is 8.42 Å². The van der Waals surface area contributed by atoms with Crippen LogP contribution in [0.2, 0.25) is 0 Å². The minimum absolute atomic E-state index is 0.100. The molecule has 1 aliphatic carbocycles. The van der Waals surface area contributed by atoms with E-state index < -0.39 is 10.0 Å². The molecule has 1 N–H and O–H groups in total. The van der Waals surface area contributed by atoms with Crippen LogP contribution in [0.25, 0.3) is 0 Å². The zero-order valence-corrected chi connectivity index (χ0v) is 18.4. The molecule has 1 saturated carbocycles. The van der Waals surface area contributed by atoms with E-state index in [9.17, 15) is 18.0 Å². The lowest BCUT2D eigenvalue weighted by Gasteiger charge is -2.38. The Hall–Kier alpha value is -2.87. The second-order valence-electron chi connectivity index (χ2n) is 8.19. The van der Waals surface area contributed by atoms with E-state index in [-0.39, 0.29) is 22.6 Å². The predicted molar refractivity (Wildman–Crippen MR) is 118 cm³/mol. The molecule has 2 amide bonds. The maximum atomic E-state index is 12.8. The fourth-order valence-corrected chi connectivity index (χ4v) is 5.02. The Morgan fingerprint density at radius 3 is 2.10 bits per heavy atom. The van der Waals surface area contributed by atoms with E-state index in [1.54, 1.807) is 29.2 Å². The van der Waals surface area contributed by atoms with Crippen LogP contribution in [0.15, 0.2) is 53.4 Å². The van der Waals surface area contributed by atoms with Crippen LogP contribution in [0.1, 0.15) is 35.2 Å². The Morgan fingerprint density at radius 1 is 0.903 bits per heavy atom. The first-order chi connectivity index (χ1) is 14.8. The number of carbonyl (C=O) groups excluding carboxylic acids is 2. The van der Waals surface area contributed by atoms with Crippen molar-refractivity contribution in [2.75, 3.05) is 30.9 Å². The molecule has 0 bridgehead atoms. The predicted octanol–water partition coefficient (Wildman–Crippen LogP) is 2.88. The van der Waals surface area contributed by atoms with Crippen LogP contribution in [-0.4, -0.2) is 56.2 Å². The molecule has 7 nitrogen and oxygen atoms in total. The minimum atomic E-state index is -3.74. The first kappa shape index (κ1) is 21.4. The largest absolute Gasteiger partial charge is 0.339 e. The van der Waals surface area contributed by atoms with Crippen molar-refractivity contribution in [1.29, 1.82) is 0 Å². The number of aryl methyl sites for hydroxylation is 1. The number of para-hydroxylation sites is 1. The number of hydrogen-bond donors (Lipinski definition) is 1. The zero-order chi connectivity index (χ0) is 22.0. The van der Waals surface area contributed by atoms with Gasteiger partial charge in [-0.15, -0.1) is 0 Å². The van der Waals surface area contributed by atoms with Crippen LogP contribution in [0.5, 0.6) is 0 Å². The van der Waals surface area contributed by atoms with Crippen molar-refractivity contribution in [2.45, 2.75) is 31.1 Å². The lowest BCUT2D eigenvalue weighted by atomic mass is 9.84. The summed E-state index contributed by atoms with van der Waals surface area (Å²) >= 11 is 0. The summed E-state index contributed by atoms with van der Waals surface area (Å²) in [6.07, 6.45) is 3.08. The second-order valence-corrected chi connectivity index (χ2v) is 9.87. The summed E-state index contributed by atoms with van der Waals surface area (Å²) in [4.78, 5) is 28.9. The van der Waals surface area contributed by atoms with Gasteiger partial charge in [-0.2, -0.15) is 0 Å². The van der Waals surface area contributed by atoms with E-state index in [4.69, 9.17) is 0 Å². The van der Waals surface area contributed by atoms with Gasteiger partial charge < -0.3 is 9.80 Å². The highest BCUT2D eigenvalue weighted by Gasteiger charge is 2.32. The molecule has 1 saturated heterocycles. The van der Waals surface area contributed by atoms with Crippen molar-refractivity contribution >= 4 is 27.5 Å². The van der Waals surface area contributed by atoms with Crippen molar-refractivity contribution in [3.05, 3.63) is 59.7 Å². The highest BCUT2D eigenvalue weighted by atomic mass is 32.2. The van der Waals surface area contributed by atoms with E-state index in [1.165, 1.54) is 12.1 Å². The van der Waals surface area contributed by atoms with E-state index in [1.807, 2.05) is 24.0 Å². The van der Waals surface area contributed by atoms with Crippen molar-refractivity contribution in [2.24, 2.45) is 5.92 Å². The van der Waals surface area contributed by atoms with Crippen LogP contribution < -0.4 is 4.72 Å². The van der Waals surface area contributed by atoms with Crippen molar-refractivity contribution in [1.82, 2.24) is 9.80 Å². The molecular weight excluding hydrogens is 414 g/mol. The average molecular weight is 442 g/mol. The molecule has 0 atom stereocenters. The molecular formula is C23H27N3O4S. The van der Waals surface area contributed by atoms with Crippen LogP contribution in [0.3, 0.4) is 0 Å². The topological polar surface area (TPSA) is 86.8 Å². The number of hydrogen-bond acceptors (Lipinski definition) is 4. The lowest BCUT2D eigenvalue weighted by molar-refractivity contribution is -0.139. The van der Waals surface area contributed by atoms with Gasteiger partial charge >= 0.3 is 0 Å². The maximum Gasteiger partial charge on any atom is 0.261 e. The second kappa shape index (κ2) is 8.70. The summed E-state index contributed by atoms with van der Waals surface area (Å²) in [7, 11) is -3.74. The Bertz CT molecular complexity index is 1070. The van der Waals surface area contributed by atoms with E-state index in [0.29, 0.717) is 37.4 Å². The van der Waals surface area contributed by atoms with E-state index >= 15 is 0 Å². The molecule has 2 aliphatic rings. The Morgan fingerprint density at radius 2 is 1.52 bits per heavy atom. The number of nitrogens with zero attached hydrogens (tertiary/aromatic N) is 2. The van der Waals surface area contributed by atoms with E-state index in [2.05, 4.69) is 4.72 Å². The summed E-state index contributed by atoms with van der Waals surface area (Å²) in [5, 5.41) is 0. The molecule has 31 heavy (non-hydrogen) atoms. The number of carbonyl (C=O) groups is 2. The monoisotopic (exact) mass is 441 g/mol. The highest BCUT2D eigenvalue weighted by Crippen LogP contribution is 2.28. The van der Waals surface area contributed by atoms with Crippen molar-refractivity contribution in [3.8, 4) is 0 Å². The molecule has 1 aliphatic heterocycles. The van der Waals surface area contributed by atoms with Crippen LogP contribution in [0, 0.1) is 12.8 Å². The molecule has 4 rings (SSSR count). The Kier molecular flexibility index (Phi) is 6.00. The van der Waals surface area contributed by atoms with Crippen LogP contribution >= 0.6 is 0 Å². The number of rotatable bonds is 5. The van der Waals surface area contributed by atoms with Gasteiger partial charge in [0.2, 0.25) is 5.91 Å². The third kappa shape index (κ3) is 4.58. The van der Waals surface area contributed by atoms with Gasteiger partial charge in [0.15, 0.2) is 0 Å². The van der Waals surface area contributed by atoms with Gasteiger partial charge in [-0.05, 0) is 55.7 Å². The van der Waals surface area contributed by atoms with Gasteiger partial charge in [0, 0.05) is 37.7 Å². The molecule has 0 spiro atoms. The summed E-state index contributed by atoms with van der Waals surface area (Å²) < 4.78 is 27.9. The van der Waals surface area contributed by atoms with Crippen molar-refractivity contribution < 1.29 is 18.0 Å². The number of piperazine rings is 1. The standard InChI is InChI=1S/C23H27N3O4S/c1-17-5-2-3-8-21(17)24-31(29,30)20-11-9-19(10-12-20)23(28)26-15-13-25(14-16-26)22(27)18-6-4-7-18/h2-3,5,8-12,18,24H,4,6-7,13-16H2,1H3. The van der Waals surface area contributed by atoms with Gasteiger partial charge in [0.05, 0.1) is 10.6 Å². The van der Waals surface area contributed by atoms with Gasteiger partial charge in [0.1, 0.15) is 0 Å². The van der Waals surface area contributed by atoms with Crippen LogP contribution in [0.4, 0.5) is 5.69 Å². The molecule has 2 aromatic rings. The molecule has 0 radical (unpaired) electrons. The minimum Gasteiger partial charge on any atom is -0.339 e. The summed E-state index contributed by atoms with van der Waals surface area (Å²) in [6, 6.07) is 13.1. The average Bonchev–Trinajstić information content (AvgIpc) is 2.74. The molecule has 0 aromatic heterocycles. The first-order valence-corrected chi connectivity index (χ1v) is 12.1. The third-order valence-corrected chi connectivity index (χ3v) is 7.52. The molecule has 0 unspecified atom stereocenters. The van der Waals surface area contributed by atoms with Gasteiger partial charge in [0.25, 0.3) is 15.9 Å². The fraction of sp³-hybridized carbons (Fsp3) is 0.391. The summed E-state index contributed by atoms with van der Waals surface area (Å²) in [6.45, 7) is 3.92. The number of anilines is 1. The van der Waals surface area contributed by atoms with Gasteiger partial charge in [-0.3, -0.25) is 14.3 Å².